The van der Waals surface area contributed by atoms with Gasteiger partial charge in [-0.1, -0.05) is 0 Å². The van der Waals surface area contributed by atoms with Gasteiger partial charge in [-0.05, 0) is 19.9 Å². The van der Waals surface area contributed by atoms with Crippen LogP contribution in [0.3, 0.4) is 0 Å². The van der Waals surface area contributed by atoms with Crippen LogP contribution in [-0.4, -0.2) is 17.1 Å². The van der Waals surface area contributed by atoms with E-state index in [0.29, 0.717) is 0 Å². The van der Waals surface area contributed by atoms with Crippen LogP contribution in [0.5, 0.6) is 5.88 Å². The van der Waals surface area contributed by atoms with E-state index in [1.807, 2.05) is 0 Å². The Hall–Kier alpha value is -1.30. The Morgan fingerprint density at radius 2 is 2.00 bits per heavy atom. The van der Waals surface area contributed by atoms with Gasteiger partial charge in [-0.25, -0.2) is 4.98 Å². The van der Waals surface area contributed by atoms with E-state index in [-0.39, 0.29) is 12.5 Å². The molecule has 3 nitrogen and oxygen atoms in total. The topological polar surface area (TPSA) is 48.1 Å². The average molecular weight is 234 g/mol. The van der Waals surface area contributed by atoms with Gasteiger partial charge in [0.1, 0.15) is 6.61 Å². The number of hydrogen-bond acceptors (Lipinski definition) is 3. The highest BCUT2D eigenvalue weighted by molar-refractivity contribution is 5.23. The fourth-order valence-corrected chi connectivity index (χ4v) is 0.925. The molecule has 0 aliphatic rings. The molecule has 0 atom stereocenters. The molecule has 1 aromatic heterocycles. The van der Waals surface area contributed by atoms with Crippen LogP contribution in [-0.2, 0) is 6.18 Å². The highest BCUT2D eigenvalue weighted by Gasteiger charge is 2.31. The standard InChI is InChI=1S/C10H13F3N2O/c1-9(2,14)6-16-8-5-7(3-4-15-8)10(11,12)13/h3-5H,6,14H2,1-2H3. The van der Waals surface area contributed by atoms with E-state index in [1.165, 1.54) is 0 Å². The monoisotopic (exact) mass is 234 g/mol. The van der Waals surface area contributed by atoms with E-state index < -0.39 is 17.3 Å². The van der Waals surface area contributed by atoms with Gasteiger partial charge < -0.3 is 10.5 Å². The number of rotatable bonds is 3. The summed E-state index contributed by atoms with van der Waals surface area (Å²) in [5.74, 6) is -0.0756. The summed E-state index contributed by atoms with van der Waals surface area (Å²) in [6.45, 7) is 3.52. The van der Waals surface area contributed by atoms with Crippen molar-refractivity contribution in [1.82, 2.24) is 4.98 Å². The lowest BCUT2D eigenvalue weighted by molar-refractivity contribution is -0.137. The number of nitrogens with two attached hydrogens (primary N) is 1. The van der Waals surface area contributed by atoms with Gasteiger partial charge in [0.15, 0.2) is 0 Å². The number of ether oxygens (including phenoxy) is 1. The van der Waals surface area contributed by atoms with Crippen LogP contribution in [0.1, 0.15) is 19.4 Å². The fraction of sp³-hybridized carbons (Fsp3) is 0.500. The number of halogens is 3. The summed E-state index contributed by atoms with van der Waals surface area (Å²) in [5, 5.41) is 0. The van der Waals surface area contributed by atoms with Crippen molar-refractivity contribution in [3.05, 3.63) is 23.9 Å². The first kappa shape index (κ1) is 12.8. The molecule has 0 radical (unpaired) electrons. The molecule has 0 amide bonds. The second-order valence-corrected chi connectivity index (χ2v) is 4.16. The number of nitrogens with zero attached hydrogens (tertiary/aromatic N) is 1. The summed E-state index contributed by atoms with van der Waals surface area (Å²) < 4.78 is 42.1. The van der Waals surface area contributed by atoms with Gasteiger partial charge in [-0.15, -0.1) is 0 Å². The normalized spacial score (nSPS) is 12.6. The highest BCUT2D eigenvalue weighted by Crippen LogP contribution is 2.30. The Bertz CT molecular complexity index is 358. The quantitative estimate of drug-likeness (QED) is 0.872. The molecule has 0 saturated heterocycles. The Labute approximate surface area is 91.4 Å². The minimum absolute atomic E-state index is 0.0756. The van der Waals surface area contributed by atoms with Crippen molar-refractivity contribution in [2.45, 2.75) is 25.6 Å². The molecular formula is C10H13F3N2O. The summed E-state index contributed by atoms with van der Waals surface area (Å²) in [6.07, 6.45) is -3.33. The number of aromatic nitrogens is 1. The van der Waals surface area contributed by atoms with E-state index in [2.05, 4.69) is 4.98 Å². The lowest BCUT2D eigenvalue weighted by atomic mass is 10.1. The highest BCUT2D eigenvalue weighted by atomic mass is 19.4. The van der Waals surface area contributed by atoms with Crippen molar-refractivity contribution >= 4 is 0 Å². The predicted molar refractivity (Wildman–Crippen MR) is 53.0 cm³/mol. The zero-order valence-electron chi connectivity index (χ0n) is 9.01. The molecule has 0 fully saturated rings. The minimum atomic E-state index is -4.39. The van der Waals surface area contributed by atoms with E-state index >= 15 is 0 Å². The third-order valence-corrected chi connectivity index (χ3v) is 1.65. The van der Waals surface area contributed by atoms with Gasteiger partial charge in [0.25, 0.3) is 0 Å². The first-order valence-corrected chi connectivity index (χ1v) is 4.63. The van der Waals surface area contributed by atoms with Crippen LogP contribution in [0, 0.1) is 0 Å². The van der Waals surface area contributed by atoms with Crippen LogP contribution in [0.2, 0.25) is 0 Å². The summed E-state index contributed by atoms with van der Waals surface area (Å²) in [6, 6.07) is 1.74. The summed E-state index contributed by atoms with van der Waals surface area (Å²) in [4.78, 5) is 3.68. The molecule has 0 aliphatic heterocycles. The molecular weight excluding hydrogens is 221 g/mol. The second-order valence-electron chi connectivity index (χ2n) is 4.16. The summed E-state index contributed by atoms with van der Waals surface area (Å²) >= 11 is 0. The molecule has 6 heteroatoms. The lowest BCUT2D eigenvalue weighted by Crippen LogP contribution is -2.38. The molecule has 1 aromatic rings. The maximum absolute atomic E-state index is 12.3. The van der Waals surface area contributed by atoms with E-state index in [1.54, 1.807) is 13.8 Å². The Morgan fingerprint density at radius 3 is 2.50 bits per heavy atom. The van der Waals surface area contributed by atoms with Crippen molar-refractivity contribution in [2.75, 3.05) is 6.61 Å². The number of pyridine rings is 1. The maximum Gasteiger partial charge on any atom is 0.416 e. The van der Waals surface area contributed by atoms with Crippen molar-refractivity contribution in [3.63, 3.8) is 0 Å². The zero-order chi connectivity index (χ0) is 12.4. The van der Waals surface area contributed by atoms with Crippen LogP contribution in [0.25, 0.3) is 0 Å². The molecule has 0 saturated carbocycles. The fourth-order valence-electron chi connectivity index (χ4n) is 0.925. The summed E-state index contributed by atoms with van der Waals surface area (Å²) in [5.41, 5.74) is 4.23. The van der Waals surface area contributed by atoms with Gasteiger partial charge in [0.05, 0.1) is 5.56 Å². The van der Waals surface area contributed by atoms with Crippen molar-refractivity contribution < 1.29 is 17.9 Å². The Morgan fingerprint density at radius 1 is 1.38 bits per heavy atom. The first-order chi connectivity index (χ1) is 7.18. The molecule has 16 heavy (non-hydrogen) atoms. The van der Waals surface area contributed by atoms with Gasteiger partial charge in [0, 0.05) is 17.8 Å². The Kier molecular flexibility index (Phi) is 3.42. The SMILES string of the molecule is CC(C)(N)COc1cc(C(F)(F)F)ccn1. The lowest BCUT2D eigenvalue weighted by Gasteiger charge is -2.18. The van der Waals surface area contributed by atoms with Crippen LogP contribution in [0.4, 0.5) is 13.2 Å². The molecule has 90 valence electrons. The van der Waals surface area contributed by atoms with Crippen molar-refractivity contribution in [1.29, 1.82) is 0 Å². The maximum atomic E-state index is 12.3. The van der Waals surface area contributed by atoms with Gasteiger partial charge in [-0.3, -0.25) is 0 Å². The Balaban J connectivity index is 2.76. The second kappa shape index (κ2) is 4.29. The average Bonchev–Trinajstić information content (AvgIpc) is 2.13. The van der Waals surface area contributed by atoms with Gasteiger partial charge in [-0.2, -0.15) is 13.2 Å². The molecule has 0 aliphatic carbocycles. The largest absolute Gasteiger partial charge is 0.476 e. The minimum Gasteiger partial charge on any atom is -0.476 e. The number of hydrogen-bond donors (Lipinski definition) is 1. The predicted octanol–water partition coefficient (Wildman–Crippen LogP) is 2.22. The zero-order valence-corrected chi connectivity index (χ0v) is 9.01. The first-order valence-electron chi connectivity index (χ1n) is 4.63. The molecule has 0 bridgehead atoms. The van der Waals surface area contributed by atoms with Crippen molar-refractivity contribution in [2.24, 2.45) is 5.73 Å². The molecule has 1 rings (SSSR count). The summed E-state index contributed by atoms with van der Waals surface area (Å²) in [7, 11) is 0. The molecule has 0 aromatic carbocycles. The van der Waals surface area contributed by atoms with E-state index in [9.17, 15) is 13.2 Å². The molecule has 2 N–H and O–H groups in total. The van der Waals surface area contributed by atoms with E-state index in [4.69, 9.17) is 10.5 Å². The van der Waals surface area contributed by atoms with Gasteiger partial charge >= 0.3 is 6.18 Å². The van der Waals surface area contributed by atoms with E-state index in [0.717, 1.165) is 18.3 Å². The van der Waals surface area contributed by atoms with Crippen LogP contribution in [0.15, 0.2) is 18.3 Å². The van der Waals surface area contributed by atoms with Crippen LogP contribution < -0.4 is 10.5 Å². The smallest absolute Gasteiger partial charge is 0.416 e. The van der Waals surface area contributed by atoms with Gasteiger partial charge in [0.2, 0.25) is 5.88 Å². The molecule has 0 unspecified atom stereocenters. The number of alkyl halides is 3. The van der Waals surface area contributed by atoms with Crippen LogP contribution >= 0.6 is 0 Å². The molecule has 0 spiro atoms. The van der Waals surface area contributed by atoms with Crippen molar-refractivity contribution in [3.8, 4) is 5.88 Å². The third-order valence-electron chi connectivity index (χ3n) is 1.65. The third kappa shape index (κ3) is 4.06. The molecule has 1 heterocycles.